The van der Waals surface area contributed by atoms with E-state index in [1.165, 1.54) is 54.6 Å². The van der Waals surface area contributed by atoms with Crippen LogP contribution in [-0.2, 0) is 0 Å². The monoisotopic (exact) mass is 452 g/mol. The van der Waals surface area contributed by atoms with E-state index in [1.807, 2.05) is 0 Å². The smallest absolute Gasteiger partial charge is 0.326 e. The van der Waals surface area contributed by atoms with E-state index in [2.05, 4.69) is 10.6 Å². The van der Waals surface area contributed by atoms with Crippen LogP contribution in [-0.4, -0.2) is 11.9 Å². The summed E-state index contributed by atoms with van der Waals surface area (Å²) in [4.78, 5) is 24.3. The molecule has 2 N–H and O–H groups in total. The maximum atomic E-state index is 13.0. The van der Waals surface area contributed by atoms with Crippen molar-refractivity contribution >= 4 is 52.4 Å². The minimum absolute atomic E-state index is 0.00735. The number of carbonyl (C=O) groups is 2. The molecule has 3 amide bonds. The van der Waals surface area contributed by atoms with Gasteiger partial charge in [0.1, 0.15) is 17.3 Å². The van der Waals surface area contributed by atoms with E-state index in [9.17, 15) is 14.0 Å². The van der Waals surface area contributed by atoms with Crippen molar-refractivity contribution in [2.75, 3.05) is 5.32 Å². The first-order chi connectivity index (χ1) is 13.8. The van der Waals surface area contributed by atoms with Gasteiger partial charge in [0.15, 0.2) is 0 Å². The zero-order valence-electron chi connectivity index (χ0n) is 14.5. The second kappa shape index (κ2) is 9.13. The van der Waals surface area contributed by atoms with Crippen molar-refractivity contribution in [3.63, 3.8) is 0 Å². The normalized spacial score (nSPS) is 10.3. The molecule has 0 aliphatic rings. The summed E-state index contributed by atoms with van der Waals surface area (Å²) in [6.45, 7) is 0. The molecule has 0 unspecified atom stereocenters. The SMILES string of the molecule is O=C(NC(=O)c1c(Cl)cccc1Cl)Nc1ccc(Oc2ccc(F)cc2)c(Cl)c1. The number of nitrogens with one attached hydrogen (secondary N) is 2. The van der Waals surface area contributed by atoms with Gasteiger partial charge in [-0.1, -0.05) is 40.9 Å². The Morgan fingerprint density at radius 2 is 1.52 bits per heavy atom. The van der Waals surface area contributed by atoms with Crippen molar-refractivity contribution < 1.29 is 18.7 Å². The predicted molar refractivity (Wildman–Crippen MR) is 111 cm³/mol. The topological polar surface area (TPSA) is 67.4 Å². The van der Waals surface area contributed by atoms with Crippen LogP contribution in [0.25, 0.3) is 0 Å². The number of benzene rings is 3. The molecule has 0 radical (unpaired) electrons. The van der Waals surface area contributed by atoms with Crippen LogP contribution in [0.15, 0.2) is 60.7 Å². The number of anilines is 1. The average molecular weight is 454 g/mol. The molecule has 0 heterocycles. The molecule has 3 aromatic carbocycles. The van der Waals surface area contributed by atoms with Crippen LogP contribution in [0.3, 0.4) is 0 Å². The van der Waals surface area contributed by atoms with E-state index in [4.69, 9.17) is 39.5 Å². The molecular formula is C20H12Cl3FN2O3. The number of imide groups is 1. The fourth-order valence-electron chi connectivity index (χ4n) is 2.33. The summed E-state index contributed by atoms with van der Waals surface area (Å²) in [5.41, 5.74) is 0.309. The van der Waals surface area contributed by atoms with Crippen LogP contribution < -0.4 is 15.4 Å². The minimum atomic E-state index is -0.797. The number of halogens is 4. The van der Waals surface area contributed by atoms with E-state index in [0.717, 1.165) is 0 Å². The van der Waals surface area contributed by atoms with Crippen molar-refractivity contribution in [1.82, 2.24) is 5.32 Å². The Balaban J connectivity index is 1.65. The Kier molecular flexibility index (Phi) is 6.59. The van der Waals surface area contributed by atoms with Gasteiger partial charge in [0, 0.05) is 5.69 Å². The summed E-state index contributed by atoms with van der Waals surface area (Å²) < 4.78 is 18.5. The Morgan fingerprint density at radius 3 is 2.14 bits per heavy atom. The van der Waals surface area contributed by atoms with Gasteiger partial charge in [-0.25, -0.2) is 9.18 Å². The molecule has 9 heteroatoms. The van der Waals surface area contributed by atoms with Crippen LogP contribution in [0.1, 0.15) is 10.4 Å². The van der Waals surface area contributed by atoms with E-state index < -0.39 is 11.9 Å². The lowest BCUT2D eigenvalue weighted by atomic mass is 10.2. The molecule has 29 heavy (non-hydrogen) atoms. The third kappa shape index (κ3) is 5.38. The summed E-state index contributed by atoms with van der Waals surface area (Å²) in [5, 5.41) is 5.05. The number of amides is 3. The number of hydrogen-bond donors (Lipinski definition) is 2. The van der Waals surface area contributed by atoms with Crippen LogP contribution >= 0.6 is 34.8 Å². The van der Waals surface area contributed by atoms with Crippen molar-refractivity contribution in [3.8, 4) is 11.5 Å². The lowest BCUT2D eigenvalue weighted by molar-refractivity contribution is 0.0967. The third-order valence-electron chi connectivity index (χ3n) is 3.65. The van der Waals surface area contributed by atoms with Gasteiger partial charge < -0.3 is 10.1 Å². The molecule has 0 spiro atoms. The van der Waals surface area contributed by atoms with E-state index in [1.54, 1.807) is 6.07 Å². The second-order valence-electron chi connectivity index (χ2n) is 5.71. The standard InChI is InChI=1S/C20H12Cl3FN2O3/c21-14-2-1-3-15(22)18(14)19(27)26-20(28)25-12-6-9-17(16(23)10-12)29-13-7-4-11(24)5-8-13/h1-10H,(H2,25,26,27,28). The highest BCUT2D eigenvalue weighted by Gasteiger charge is 2.17. The van der Waals surface area contributed by atoms with Crippen molar-refractivity contribution in [3.05, 3.63) is 87.1 Å². The van der Waals surface area contributed by atoms with Gasteiger partial charge in [0.05, 0.1) is 20.6 Å². The summed E-state index contributed by atoms with van der Waals surface area (Å²) in [6.07, 6.45) is 0. The van der Waals surface area contributed by atoms with E-state index >= 15 is 0 Å². The van der Waals surface area contributed by atoms with Crippen LogP contribution in [0.2, 0.25) is 15.1 Å². The third-order valence-corrected chi connectivity index (χ3v) is 4.57. The number of rotatable bonds is 4. The molecule has 0 saturated heterocycles. The molecule has 148 valence electrons. The number of urea groups is 1. The van der Waals surface area contributed by atoms with Gasteiger partial charge >= 0.3 is 6.03 Å². The maximum absolute atomic E-state index is 13.0. The highest BCUT2D eigenvalue weighted by molar-refractivity contribution is 6.40. The van der Waals surface area contributed by atoms with Crippen molar-refractivity contribution in [2.45, 2.75) is 0 Å². The van der Waals surface area contributed by atoms with Gasteiger partial charge in [0.2, 0.25) is 0 Å². The first-order valence-corrected chi connectivity index (χ1v) is 9.26. The molecule has 0 aliphatic heterocycles. The van der Waals surface area contributed by atoms with Gasteiger partial charge in [-0.15, -0.1) is 0 Å². The summed E-state index contributed by atoms with van der Waals surface area (Å²) >= 11 is 18.1. The molecule has 3 aromatic rings. The second-order valence-corrected chi connectivity index (χ2v) is 6.93. The summed E-state index contributed by atoms with van der Waals surface area (Å²) in [5.74, 6) is -0.431. The number of hydrogen-bond acceptors (Lipinski definition) is 3. The fraction of sp³-hybridized carbons (Fsp3) is 0. The molecule has 0 fully saturated rings. The van der Waals surface area contributed by atoms with Crippen molar-refractivity contribution in [1.29, 1.82) is 0 Å². The Morgan fingerprint density at radius 1 is 0.862 bits per heavy atom. The lowest BCUT2D eigenvalue weighted by Crippen LogP contribution is -2.34. The van der Waals surface area contributed by atoms with Crippen molar-refractivity contribution in [2.24, 2.45) is 0 Å². The van der Waals surface area contributed by atoms with E-state index in [-0.39, 0.29) is 26.4 Å². The molecule has 5 nitrogen and oxygen atoms in total. The number of carbonyl (C=O) groups excluding carboxylic acids is 2. The van der Waals surface area contributed by atoms with Crippen LogP contribution in [0.5, 0.6) is 11.5 Å². The molecular weight excluding hydrogens is 442 g/mol. The van der Waals surface area contributed by atoms with Crippen LogP contribution in [0, 0.1) is 5.82 Å². The summed E-state index contributed by atoms with van der Waals surface area (Å²) in [6, 6.07) is 13.7. The Bertz CT molecular complexity index is 1050. The fourth-order valence-corrected chi connectivity index (χ4v) is 3.12. The average Bonchev–Trinajstić information content (AvgIpc) is 2.65. The maximum Gasteiger partial charge on any atom is 0.326 e. The van der Waals surface area contributed by atoms with Gasteiger partial charge in [0.25, 0.3) is 5.91 Å². The molecule has 0 aromatic heterocycles. The van der Waals surface area contributed by atoms with Gasteiger partial charge in [-0.2, -0.15) is 0 Å². The van der Waals surface area contributed by atoms with Crippen LogP contribution in [0.4, 0.5) is 14.9 Å². The quantitative estimate of drug-likeness (QED) is 0.471. The first-order valence-electron chi connectivity index (χ1n) is 8.13. The predicted octanol–water partition coefficient (Wildman–Crippen LogP) is 6.54. The largest absolute Gasteiger partial charge is 0.456 e. The van der Waals surface area contributed by atoms with E-state index in [0.29, 0.717) is 17.2 Å². The minimum Gasteiger partial charge on any atom is -0.456 e. The first kappa shape index (κ1) is 20.9. The zero-order chi connectivity index (χ0) is 21.0. The molecule has 0 atom stereocenters. The Hall–Kier alpha value is -2.80. The highest BCUT2D eigenvalue weighted by atomic mass is 35.5. The molecule has 0 saturated carbocycles. The number of ether oxygens (including phenoxy) is 1. The highest BCUT2D eigenvalue weighted by Crippen LogP contribution is 2.31. The molecule has 0 bridgehead atoms. The zero-order valence-corrected chi connectivity index (χ0v) is 16.8. The van der Waals surface area contributed by atoms with Gasteiger partial charge in [-0.05, 0) is 54.6 Å². The Labute approximate surface area is 180 Å². The lowest BCUT2D eigenvalue weighted by Gasteiger charge is -2.11. The molecule has 3 rings (SSSR count). The molecule has 0 aliphatic carbocycles. The summed E-state index contributed by atoms with van der Waals surface area (Å²) in [7, 11) is 0. The van der Waals surface area contributed by atoms with Gasteiger partial charge in [-0.3, -0.25) is 10.1 Å².